The fraction of sp³-hybridized carbons (Fsp3) is 0.0476. The van der Waals surface area contributed by atoms with Gasteiger partial charge < -0.3 is 0 Å². The van der Waals surface area contributed by atoms with Crippen molar-refractivity contribution < 1.29 is 0 Å². The molecule has 0 aliphatic rings. The fourth-order valence-corrected chi connectivity index (χ4v) is 6.41. The van der Waals surface area contributed by atoms with Crippen molar-refractivity contribution in [2.75, 3.05) is 0 Å². The molecule has 234 valence electrons. The van der Waals surface area contributed by atoms with Crippen molar-refractivity contribution in [1.29, 1.82) is 5.26 Å². The molecule has 8 rings (SSSR count). The molecule has 6 nitrogen and oxygen atoms in total. The molecule has 5 aromatic carbocycles. The predicted molar refractivity (Wildman–Crippen MR) is 197 cm³/mol. The Kier molecular flexibility index (Phi) is 7.60. The van der Waals surface area contributed by atoms with Gasteiger partial charge in [0.1, 0.15) is 11.8 Å². The summed E-state index contributed by atoms with van der Waals surface area (Å²) in [6.07, 6.45) is 1.90. The first-order valence-electron chi connectivity index (χ1n) is 16.0. The highest BCUT2D eigenvalue weighted by Crippen LogP contribution is 2.43. The van der Waals surface area contributed by atoms with E-state index in [1.807, 2.05) is 89.7 Å². The van der Waals surface area contributed by atoms with E-state index < -0.39 is 0 Å². The molecule has 3 aromatic heterocycles. The van der Waals surface area contributed by atoms with Gasteiger partial charge in [0.2, 0.25) is 0 Å². The molecule has 0 atom stereocenters. The molecule has 3 heterocycles. The maximum absolute atomic E-state index is 10.9. The number of halogens is 1. The van der Waals surface area contributed by atoms with Crippen LogP contribution in [-0.4, -0.2) is 25.0 Å². The predicted octanol–water partition coefficient (Wildman–Crippen LogP) is 10.6. The van der Waals surface area contributed by atoms with Crippen LogP contribution in [-0.2, 0) is 0 Å². The first-order valence-corrected chi connectivity index (χ1v) is 16.3. The first kappa shape index (κ1) is 30.1. The zero-order valence-electron chi connectivity index (χ0n) is 26.8. The number of fused-ring (bicyclic) bond motifs is 1. The maximum atomic E-state index is 10.9. The van der Waals surface area contributed by atoms with Gasteiger partial charge in [0, 0.05) is 39.0 Å². The van der Waals surface area contributed by atoms with Crippen LogP contribution < -0.4 is 0 Å². The smallest absolute Gasteiger partial charge is 0.164 e. The molecule has 0 radical (unpaired) electrons. The third-order valence-corrected chi connectivity index (χ3v) is 9.07. The summed E-state index contributed by atoms with van der Waals surface area (Å²) in [5.74, 6) is 0. The summed E-state index contributed by atoms with van der Waals surface area (Å²) < 4.78 is 1.89. The van der Waals surface area contributed by atoms with Crippen molar-refractivity contribution in [2.45, 2.75) is 13.8 Å². The van der Waals surface area contributed by atoms with Gasteiger partial charge in [-0.3, -0.25) is 5.10 Å². The van der Waals surface area contributed by atoms with E-state index in [1.165, 1.54) is 0 Å². The van der Waals surface area contributed by atoms with Gasteiger partial charge in [0.05, 0.1) is 28.0 Å². The summed E-state index contributed by atoms with van der Waals surface area (Å²) in [5, 5.41) is 25.2. The number of benzene rings is 5. The molecule has 1 N–H and O–H groups in total. The van der Waals surface area contributed by atoms with Crippen LogP contribution in [0, 0.1) is 25.2 Å². The number of aryl methyl sites for hydroxylation is 2. The Labute approximate surface area is 288 Å². The highest BCUT2D eigenvalue weighted by molar-refractivity contribution is 6.30. The summed E-state index contributed by atoms with van der Waals surface area (Å²) in [7, 11) is 0. The van der Waals surface area contributed by atoms with Crippen molar-refractivity contribution in [3.63, 3.8) is 0 Å². The van der Waals surface area contributed by atoms with Gasteiger partial charge in [-0.25, -0.2) is 9.67 Å². The minimum Gasteiger partial charge on any atom is -0.284 e. The Balaban J connectivity index is 1.40. The SMILES string of the molecule is Cc1ccc(-c2nc3c(c(-c4ccc(C)cc4)nn3-c3ccccc3)c(-c3ccc(-c4c[nH]nc4-c4ccc(Cl)cc4)cc3)c2C#N)cc1. The summed E-state index contributed by atoms with van der Waals surface area (Å²) in [6.45, 7) is 4.12. The lowest BCUT2D eigenvalue weighted by atomic mass is 9.90. The average molecular weight is 653 g/mol. The van der Waals surface area contributed by atoms with Crippen LogP contribution in [0.5, 0.6) is 0 Å². The number of nitrogens with zero attached hydrogens (tertiary/aromatic N) is 5. The van der Waals surface area contributed by atoms with Gasteiger partial charge in [-0.05, 0) is 49.2 Å². The molecule has 0 bridgehead atoms. The van der Waals surface area contributed by atoms with Crippen molar-refractivity contribution in [3.8, 4) is 67.8 Å². The zero-order valence-corrected chi connectivity index (χ0v) is 27.6. The van der Waals surface area contributed by atoms with E-state index in [4.69, 9.17) is 21.7 Å². The van der Waals surface area contributed by atoms with Crippen molar-refractivity contribution in [1.82, 2.24) is 25.0 Å². The van der Waals surface area contributed by atoms with Crippen LogP contribution in [0.1, 0.15) is 16.7 Å². The number of nitriles is 1. The van der Waals surface area contributed by atoms with Gasteiger partial charge in [-0.2, -0.15) is 15.5 Å². The van der Waals surface area contributed by atoms with E-state index in [0.717, 1.165) is 72.5 Å². The maximum Gasteiger partial charge on any atom is 0.164 e. The Morgan fingerprint density at radius 2 is 1.18 bits per heavy atom. The number of hydrogen-bond donors (Lipinski definition) is 1. The van der Waals surface area contributed by atoms with Crippen LogP contribution >= 0.6 is 11.6 Å². The third-order valence-electron chi connectivity index (χ3n) is 8.82. The number of hydrogen-bond acceptors (Lipinski definition) is 4. The van der Waals surface area contributed by atoms with Crippen molar-refractivity contribution >= 4 is 22.6 Å². The molecule has 0 aliphatic carbocycles. The minimum atomic E-state index is 0.496. The Bertz CT molecular complexity index is 2490. The standard InChI is InChI=1S/C42H29ClN6/c1-26-8-12-30(13-9-26)39-35(24-44)37(29-18-16-28(17-19-29)36-25-45-47-40(36)31-20-22-33(43)23-21-31)38-41(32-14-10-27(2)11-15-32)48-49(42(38)46-39)34-6-4-3-5-7-34/h3-23,25H,1-2H3,(H,45,47). The number of H-pyrrole nitrogens is 1. The van der Waals surface area contributed by atoms with E-state index in [0.29, 0.717) is 21.9 Å². The second-order valence-electron chi connectivity index (χ2n) is 12.1. The molecule has 0 saturated carbocycles. The second kappa shape index (κ2) is 12.4. The number of pyridine rings is 1. The molecule has 49 heavy (non-hydrogen) atoms. The largest absolute Gasteiger partial charge is 0.284 e. The zero-order chi connectivity index (χ0) is 33.5. The first-order chi connectivity index (χ1) is 24.0. The highest BCUT2D eigenvalue weighted by Gasteiger charge is 2.26. The van der Waals surface area contributed by atoms with Gasteiger partial charge >= 0.3 is 0 Å². The molecule has 0 amide bonds. The van der Waals surface area contributed by atoms with E-state index in [-0.39, 0.29) is 0 Å². The van der Waals surface area contributed by atoms with Crippen LogP contribution in [0.4, 0.5) is 0 Å². The Morgan fingerprint density at radius 1 is 0.633 bits per heavy atom. The summed E-state index contributed by atoms with van der Waals surface area (Å²) in [6, 6.07) is 45.0. The molecule has 7 heteroatoms. The lowest BCUT2D eigenvalue weighted by molar-refractivity contribution is 0.901. The fourth-order valence-electron chi connectivity index (χ4n) is 6.28. The van der Waals surface area contributed by atoms with E-state index in [9.17, 15) is 5.26 Å². The lowest BCUT2D eigenvalue weighted by Gasteiger charge is -2.14. The average Bonchev–Trinajstić information content (AvgIpc) is 3.78. The number of rotatable bonds is 6. The molecule has 0 spiro atoms. The topological polar surface area (TPSA) is 83.2 Å². The van der Waals surface area contributed by atoms with Gasteiger partial charge in [-0.15, -0.1) is 0 Å². The lowest BCUT2D eigenvalue weighted by Crippen LogP contribution is -2.01. The van der Waals surface area contributed by atoms with Crippen LogP contribution in [0.2, 0.25) is 5.02 Å². The molecular formula is C42H29ClN6. The summed E-state index contributed by atoms with van der Waals surface area (Å²) >= 11 is 6.16. The summed E-state index contributed by atoms with van der Waals surface area (Å²) in [4.78, 5) is 5.24. The minimum absolute atomic E-state index is 0.496. The van der Waals surface area contributed by atoms with Gasteiger partial charge in [0.25, 0.3) is 0 Å². The van der Waals surface area contributed by atoms with Crippen LogP contribution in [0.3, 0.4) is 0 Å². The van der Waals surface area contributed by atoms with Crippen LogP contribution in [0.25, 0.3) is 72.7 Å². The molecular weight excluding hydrogens is 624 g/mol. The monoisotopic (exact) mass is 652 g/mol. The quantitative estimate of drug-likeness (QED) is 0.194. The van der Waals surface area contributed by atoms with Crippen molar-refractivity contribution in [2.24, 2.45) is 0 Å². The number of para-hydroxylation sites is 1. The van der Waals surface area contributed by atoms with E-state index >= 15 is 0 Å². The normalized spacial score (nSPS) is 11.1. The van der Waals surface area contributed by atoms with Gasteiger partial charge in [0.15, 0.2) is 5.65 Å². The van der Waals surface area contributed by atoms with Gasteiger partial charge in [-0.1, -0.05) is 126 Å². The Morgan fingerprint density at radius 3 is 1.82 bits per heavy atom. The van der Waals surface area contributed by atoms with E-state index in [2.05, 4.69) is 78.6 Å². The second-order valence-corrected chi connectivity index (χ2v) is 12.5. The molecule has 0 aliphatic heterocycles. The molecule has 0 unspecified atom stereocenters. The highest BCUT2D eigenvalue weighted by atomic mass is 35.5. The Hall–Kier alpha value is -6.29. The number of nitrogens with one attached hydrogen (secondary N) is 1. The van der Waals surface area contributed by atoms with Crippen molar-refractivity contribution in [3.05, 3.63) is 155 Å². The summed E-state index contributed by atoms with van der Waals surface area (Å²) in [5.41, 5.74) is 13.0. The van der Waals surface area contributed by atoms with E-state index in [1.54, 1.807) is 0 Å². The van der Waals surface area contributed by atoms with Crippen LogP contribution in [0.15, 0.2) is 134 Å². The molecule has 0 saturated heterocycles. The number of aromatic amines is 1. The number of aromatic nitrogens is 5. The molecule has 0 fully saturated rings. The molecule has 8 aromatic rings. The third kappa shape index (κ3) is 5.46.